The SMILES string of the molecule is CC/C=C\C/C=C\C/C=C\CCCCCCCC(=O)C(O)(CCCCCCCCCCCCCCCC)C(=O)OC(C)C. The minimum atomic E-state index is -1.99. The van der Waals surface area contributed by atoms with E-state index in [4.69, 9.17) is 4.74 Å². The van der Waals surface area contributed by atoms with Crippen LogP contribution in [0.2, 0.25) is 0 Å². The molecule has 0 aliphatic rings. The highest BCUT2D eigenvalue weighted by molar-refractivity contribution is 6.06. The highest BCUT2D eigenvalue weighted by atomic mass is 16.6. The van der Waals surface area contributed by atoms with Crippen LogP contribution in [0.4, 0.5) is 0 Å². The fraction of sp³-hybridized carbons (Fsp3) is 0.795. The van der Waals surface area contributed by atoms with Gasteiger partial charge < -0.3 is 9.84 Å². The summed E-state index contributed by atoms with van der Waals surface area (Å²) in [5.74, 6) is -1.13. The molecule has 1 N–H and O–H groups in total. The molecule has 0 saturated carbocycles. The van der Waals surface area contributed by atoms with Gasteiger partial charge in [0.1, 0.15) is 0 Å². The van der Waals surface area contributed by atoms with Crippen LogP contribution in [0.25, 0.3) is 0 Å². The number of ether oxygens (including phenoxy) is 1. The molecule has 4 heteroatoms. The van der Waals surface area contributed by atoms with Crippen molar-refractivity contribution in [2.45, 2.75) is 200 Å². The Morgan fingerprint density at radius 3 is 1.56 bits per heavy atom. The summed E-state index contributed by atoms with van der Waals surface area (Å²) in [6.07, 6.45) is 39.9. The summed E-state index contributed by atoms with van der Waals surface area (Å²) in [7, 11) is 0. The van der Waals surface area contributed by atoms with Gasteiger partial charge in [-0.05, 0) is 65.2 Å². The van der Waals surface area contributed by atoms with E-state index in [0.29, 0.717) is 12.8 Å². The van der Waals surface area contributed by atoms with Gasteiger partial charge in [0.25, 0.3) is 0 Å². The Labute approximate surface area is 267 Å². The minimum absolute atomic E-state index is 0.173. The first-order valence-electron chi connectivity index (χ1n) is 18.3. The van der Waals surface area contributed by atoms with Crippen molar-refractivity contribution in [1.82, 2.24) is 0 Å². The van der Waals surface area contributed by atoms with Gasteiger partial charge in [-0.2, -0.15) is 0 Å². The number of Topliss-reactive ketones (excluding diaryl/α,β-unsaturated/α-hetero) is 1. The van der Waals surface area contributed by atoms with E-state index in [1.807, 2.05) is 0 Å². The lowest BCUT2D eigenvalue weighted by atomic mass is 9.88. The topological polar surface area (TPSA) is 63.6 Å². The Hall–Kier alpha value is -1.68. The summed E-state index contributed by atoms with van der Waals surface area (Å²) in [6, 6.07) is 0. The summed E-state index contributed by atoms with van der Waals surface area (Å²) < 4.78 is 5.31. The highest BCUT2D eigenvalue weighted by Gasteiger charge is 2.44. The highest BCUT2D eigenvalue weighted by Crippen LogP contribution is 2.23. The lowest BCUT2D eigenvalue weighted by Crippen LogP contribution is -2.48. The van der Waals surface area contributed by atoms with E-state index in [-0.39, 0.29) is 24.7 Å². The summed E-state index contributed by atoms with van der Waals surface area (Å²) >= 11 is 0. The number of hydrogen-bond acceptors (Lipinski definition) is 4. The Balaban J connectivity index is 4.12. The van der Waals surface area contributed by atoms with Crippen molar-refractivity contribution in [2.75, 3.05) is 0 Å². The lowest BCUT2D eigenvalue weighted by Gasteiger charge is -2.26. The smallest absolute Gasteiger partial charge is 0.346 e. The van der Waals surface area contributed by atoms with Crippen molar-refractivity contribution >= 4 is 11.8 Å². The Kier molecular flexibility index (Phi) is 29.2. The first kappa shape index (κ1) is 41.3. The second kappa shape index (κ2) is 30.4. The molecular weight excluding hydrogens is 532 g/mol. The number of carbonyl (C=O) groups is 2. The summed E-state index contributed by atoms with van der Waals surface area (Å²) in [5, 5.41) is 11.2. The molecule has 0 fully saturated rings. The lowest BCUT2D eigenvalue weighted by molar-refractivity contribution is -0.174. The van der Waals surface area contributed by atoms with Crippen LogP contribution in [-0.4, -0.2) is 28.6 Å². The molecular formula is C39H70O4. The summed E-state index contributed by atoms with van der Waals surface area (Å²) in [5.41, 5.74) is -1.99. The van der Waals surface area contributed by atoms with Crippen LogP contribution in [0.15, 0.2) is 36.5 Å². The number of unbranched alkanes of at least 4 members (excludes halogenated alkanes) is 18. The van der Waals surface area contributed by atoms with E-state index in [0.717, 1.165) is 64.2 Å². The first-order chi connectivity index (χ1) is 20.9. The number of carbonyl (C=O) groups excluding carboxylic acids is 2. The van der Waals surface area contributed by atoms with Crippen molar-refractivity contribution < 1.29 is 19.4 Å². The van der Waals surface area contributed by atoms with Crippen LogP contribution in [0.3, 0.4) is 0 Å². The molecule has 4 nitrogen and oxygen atoms in total. The van der Waals surface area contributed by atoms with Crippen LogP contribution < -0.4 is 0 Å². The molecule has 0 bridgehead atoms. The molecule has 0 aromatic carbocycles. The molecule has 0 spiro atoms. The van der Waals surface area contributed by atoms with E-state index in [9.17, 15) is 14.7 Å². The van der Waals surface area contributed by atoms with Crippen molar-refractivity contribution in [3.05, 3.63) is 36.5 Å². The van der Waals surface area contributed by atoms with Crippen molar-refractivity contribution in [2.24, 2.45) is 0 Å². The number of allylic oxidation sites excluding steroid dienone is 6. The number of aliphatic hydroxyl groups is 1. The van der Waals surface area contributed by atoms with Gasteiger partial charge in [-0.15, -0.1) is 0 Å². The van der Waals surface area contributed by atoms with Crippen LogP contribution >= 0.6 is 0 Å². The predicted octanol–water partition coefficient (Wildman–Crippen LogP) is 11.7. The van der Waals surface area contributed by atoms with Gasteiger partial charge in [0.2, 0.25) is 5.60 Å². The molecule has 0 aromatic heterocycles. The van der Waals surface area contributed by atoms with Gasteiger partial charge >= 0.3 is 5.97 Å². The van der Waals surface area contributed by atoms with Gasteiger partial charge in [0, 0.05) is 6.42 Å². The molecule has 0 rings (SSSR count). The van der Waals surface area contributed by atoms with E-state index < -0.39 is 11.6 Å². The molecule has 250 valence electrons. The van der Waals surface area contributed by atoms with Gasteiger partial charge in [-0.1, -0.05) is 153 Å². The van der Waals surface area contributed by atoms with Crippen molar-refractivity contribution in [1.29, 1.82) is 0 Å². The molecule has 0 aliphatic heterocycles. The number of rotatable bonds is 31. The molecule has 0 aromatic rings. The average molecular weight is 603 g/mol. The van der Waals surface area contributed by atoms with Crippen molar-refractivity contribution in [3.63, 3.8) is 0 Å². The third-order valence-corrected chi connectivity index (χ3v) is 8.09. The molecule has 0 aliphatic carbocycles. The third-order valence-electron chi connectivity index (χ3n) is 8.09. The van der Waals surface area contributed by atoms with E-state index in [1.54, 1.807) is 13.8 Å². The zero-order valence-corrected chi connectivity index (χ0v) is 28.9. The van der Waals surface area contributed by atoms with E-state index in [1.165, 1.54) is 70.6 Å². The Morgan fingerprint density at radius 1 is 0.605 bits per heavy atom. The molecule has 0 heterocycles. The molecule has 0 saturated heterocycles. The van der Waals surface area contributed by atoms with E-state index >= 15 is 0 Å². The second-order valence-corrected chi connectivity index (χ2v) is 12.7. The van der Waals surface area contributed by atoms with Gasteiger partial charge in [-0.25, -0.2) is 4.79 Å². The first-order valence-corrected chi connectivity index (χ1v) is 18.3. The maximum absolute atomic E-state index is 13.0. The maximum atomic E-state index is 13.0. The second-order valence-electron chi connectivity index (χ2n) is 12.7. The largest absolute Gasteiger partial charge is 0.460 e. The average Bonchev–Trinajstić information content (AvgIpc) is 2.98. The number of ketones is 1. The third kappa shape index (κ3) is 25.4. The molecule has 0 amide bonds. The zero-order valence-electron chi connectivity index (χ0n) is 28.9. The maximum Gasteiger partial charge on any atom is 0.346 e. The zero-order chi connectivity index (χ0) is 31.9. The minimum Gasteiger partial charge on any atom is -0.460 e. The van der Waals surface area contributed by atoms with Gasteiger partial charge in [0.15, 0.2) is 5.78 Å². The monoisotopic (exact) mass is 603 g/mol. The number of hydrogen-bond donors (Lipinski definition) is 1. The fourth-order valence-corrected chi connectivity index (χ4v) is 5.35. The molecule has 0 radical (unpaired) electrons. The quantitative estimate of drug-likeness (QED) is 0.0371. The fourth-order valence-electron chi connectivity index (χ4n) is 5.35. The molecule has 1 unspecified atom stereocenters. The van der Waals surface area contributed by atoms with Crippen LogP contribution in [0.1, 0.15) is 188 Å². The molecule has 1 atom stereocenters. The van der Waals surface area contributed by atoms with Crippen LogP contribution in [0.5, 0.6) is 0 Å². The van der Waals surface area contributed by atoms with Crippen LogP contribution in [-0.2, 0) is 14.3 Å². The summed E-state index contributed by atoms with van der Waals surface area (Å²) in [6.45, 7) is 7.93. The van der Waals surface area contributed by atoms with Crippen LogP contribution in [0, 0.1) is 0 Å². The van der Waals surface area contributed by atoms with E-state index in [2.05, 4.69) is 50.3 Å². The molecule has 43 heavy (non-hydrogen) atoms. The van der Waals surface area contributed by atoms with Gasteiger partial charge in [-0.3, -0.25) is 4.79 Å². The standard InChI is InChI=1S/C39H70O4/c1-5-7-9-11-13-15-17-19-21-22-24-26-28-30-32-34-37(40)39(42,38(41)43-36(3)4)35-33-31-29-27-25-23-20-18-16-14-12-10-8-6-2/h7,9,13,15,19,21,36,42H,5-6,8,10-12,14,16-18,20,22-35H2,1-4H3/b9-7-,15-13-,21-19-. The predicted molar refractivity (Wildman–Crippen MR) is 185 cm³/mol. The number of esters is 1. The Morgan fingerprint density at radius 2 is 1.05 bits per heavy atom. The Bertz CT molecular complexity index is 736. The summed E-state index contributed by atoms with van der Waals surface area (Å²) in [4.78, 5) is 25.8. The van der Waals surface area contributed by atoms with Crippen molar-refractivity contribution in [3.8, 4) is 0 Å². The van der Waals surface area contributed by atoms with Gasteiger partial charge in [0.05, 0.1) is 6.10 Å². The normalized spacial score (nSPS) is 13.5.